The molecule has 0 saturated carbocycles. The van der Waals surface area contributed by atoms with Gasteiger partial charge in [-0.25, -0.2) is 9.78 Å². The molecule has 0 aromatic carbocycles. The Morgan fingerprint density at radius 1 is 1.25 bits per heavy atom. The highest BCUT2D eigenvalue weighted by Gasteiger charge is 2.09. The zero-order valence-electron chi connectivity index (χ0n) is 12.9. The Morgan fingerprint density at radius 2 is 2.00 bits per heavy atom. The van der Waals surface area contributed by atoms with E-state index in [0.717, 1.165) is 38.9 Å². The third-order valence-electron chi connectivity index (χ3n) is 3.39. The molecule has 0 bridgehead atoms. The van der Waals surface area contributed by atoms with Crippen LogP contribution in [0.3, 0.4) is 0 Å². The molecule has 0 aliphatic carbocycles. The molecule has 0 fully saturated rings. The number of likely N-dealkylation sites (N-methyl/N-ethyl adjacent to an activating group) is 1. The summed E-state index contributed by atoms with van der Waals surface area (Å²) in [6, 6.07) is 3.72. The molecule has 0 spiro atoms. The van der Waals surface area contributed by atoms with E-state index in [1.165, 1.54) is 5.56 Å². The second kappa shape index (κ2) is 9.48. The molecule has 4 nitrogen and oxygen atoms in total. The number of esters is 1. The highest BCUT2D eigenvalue weighted by atomic mass is 16.5. The quantitative estimate of drug-likeness (QED) is 0.651. The third-order valence-corrected chi connectivity index (χ3v) is 3.39. The first kappa shape index (κ1) is 16.6. The summed E-state index contributed by atoms with van der Waals surface area (Å²) in [4.78, 5) is 18.2. The van der Waals surface area contributed by atoms with Crippen LogP contribution in [0.25, 0.3) is 0 Å². The van der Waals surface area contributed by atoms with Gasteiger partial charge in [-0.15, -0.1) is 0 Å². The predicted octanol–water partition coefficient (Wildman–Crippen LogP) is 2.92. The largest absolute Gasteiger partial charge is 0.460 e. The number of pyridine rings is 1. The van der Waals surface area contributed by atoms with Crippen molar-refractivity contribution in [3.8, 4) is 0 Å². The van der Waals surface area contributed by atoms with Crippen LogP contribution in [-0.2, 0) is 11.2 Å². The number of hydrogen-bond acceptors (Lipinski definition) is 4. The fraction of sp³-hybridized carbons (Fsp3) is 0.625. The van der Waals surface area contributed by atoms with Gasteiger partial charge in [0.05, 0.1) is 0 Å². The van der Waals surface area contributed by atoms with Crippen LogP contribution < -0.4 is 0 Å². The molecule has 0 atom stereocenters. The fourth-order valence-electron chi connectivity index (χ4n) is 1.96. The van der Waals surface area contributed by atoms with Gasteiger partial charge in [0.1, 0.15) is 12.3 Å². The van der Waals surface area contributed by atoms with Crippen molar-refractivity contribution in [2.45, 2.75) is 40.0 Å². The summed E-state index contributed by atoms with van der Waals surface area (Å²) in [6.07, 6.45) is 5.10. The normalized spacial score (nSPS) is 10.8. The van der Waals surface area contributed by atoms with E-state index in [1.807, 2.05) is 6.07 Å². The molecule has 4 heteroatoms. The molecule has 0 aliphatic heterocycles. The minimum Gasteiger partial charge on any atom is -0.460 e. The van der Waals surface area contributed by atoms with Crippen LogP contribution in [0.15, 0.2) is 18.3 Å². The number of ether oxygens (including phenoxy) is 1. The Balaban J connectivity index is 2.39. The van der Waals surface area contributed by atoms with Gasteiger partial charge < -0.3 is 9.64 Å². The van der Waals surface area contributed by atoms with Crippen molar-refractivity contribution in [2.75, 3.05) is 26.2 Å². The monoisotopic (exact) mass is 278 g/mol. The molecule has 20 heavy (non-hydrogen) atoms. The highest BCUT2D eigenvalue weighted by Crippen LogP contribution is 2.06. The lowest BCUT2D eigenvalue weighted by Crippen LogP contribution is -2.28. The number of carbonyl (C=O) groups excluding carboxylic acids is 1. The Kier molecular flexibility index (Phi) is 7.88. The van der Waals surface area contributed by atoms with Crippen LogP contribution in [0.2, 0.25) is 0 Å². The number of nitrogens with zero attached hydrogens (tertiary/aromatic N) is 2. The van der Waals surface area contributed by atoms with Gasteiger partial charge in [0, 0.05) is 12.7 Å². The van der Waals surface area contributed by atoms with Gasteiger partial charge in [0.15, 0.2) is 0 Å². The standard InChI is InChI=1S/C16H26N2O2/c1-4-7-8-14-9-10-15(17-13-14)16(19)20-12-11-18(5-2)6-3/h9-10,13H,4-8,11-12H2,1-3H3. The molecular formula is C16H26N2O2. The number of unbranched alkanes of at least 4 members (excludes halogenated alkanes) is 1. The Bertz CT molecular complexity index is 386. The molecular weight excluding hydrogens is 252 g/mol. The average molecular weight is 278 g/mol. The lowest BCUT2D eigenvalue weighted by atomic mass is 10.1. The molecule has 112 valence electrons. The summed E-state index contributed by atoms with van der Waals surface area (Å²) < 4.78 is 5.24. The van der Waals surface area contributed by atoms with Gasteiger partial charge in [-0.2, -0.15) is 0 Å². The van der Waals surface area contributed by atoms with Gasteiger partial charge in [-0.3, -0.25) is 0 Å². The van der Waals surface area contributed by atoms with E-state index in [1.54, 1.807) is 12.3 Å². The predicted molar refractivity (Wildman–Crippen MR) is 80.9 cm³/mol. The van der Waals surface area contributed by atoms with E-state index in [9.17, 15) is 4.79 Å². The Hall–Kier alpha value is -1.42. The maximum Gasteiger partial charge on any atom is 0.356 e. The first-order valence-electron chi connectivity index (χ1n) is 7.55. The van der Waals surface area contributed by atoms with Crippen LogP contribution in [0.5, 0.6) is 0 Å². The molecule has 1 rings (SSSR count). The van der Waals surface area contributed by atoms with E-state index >= 15 is 0 Å². The van der Waals surface area contributed by atoms with Gasteiger partial charge >= 0.3 is 5.97 Å². The Labute approximate surface area is 122 Å². The van der Waals surface area contributed by atoms with Crippen LogP contribution in [0.1, 0.15) is 49.7 Å². The van der Waals surface area contributed by atoms with E-state index in [0.29, 0.717) is 12.3 Å². The zero-order chi connectivity index (χ0) is 14.8. The van der Waals surface area contributed by atoms with Crippen molar-refractivity contribution in [3.63, 3.8) is 0 Å². The molecule has 0 radical (unpaired) electrons. The molecule has 1 aromatic rings. The minimum atomic E-state index is -0.334. The summed E-state index contributed by atoms with van der Waals surface area (Å²) in [7, 11) is 0. The van der Waals surface area contributed by atoms with Crippen molar-refractivity contribution in [1.82, 2.24) is 9.88 Å². The van der Waals surface area contributed by atoms with E-state index in [2.05, 4.69) is 30.7 Å². The zero-order valence-corrected chi connectivity index (χ0v) is 12.9. The van der Waals surface area contributed by atoms with Crippen LogP contribution in [0.4, 0.5) is 0 Å². The molecule has 0 saturated heterocycles. The number of hydrogen-bond donors (Lipinski definition) is 0. The highest BCUT2D eigenvalue weighted by molar-refractivity contribution is 5.87. The third kappa shape index (κ3) is 5.70. The second-order valence-corrected chi connectivity index (χ2v) is 4.82. The number of rotatable bonds is 9. The lowest BCUT2D eigenvalue weighted by molar-refractivity contribution is 0.0459. The van der Waals surface area contributed by atoms with Crippen LogP contribution in [0, 0.1) is 0 Å². The van der Waals surface area contributed by atoms with Gasteiger partial charge in [-0.05, 0) is 37.6 Å². The number of aromatic nitrogens is 1. The van der Waals surface area contributed by atoms with Gasteiger partial charge in [0.2, 0.25) is 0 Å². The molecule has 1 heterocycles. The summed E-state index contributed by atoms with van der Waals surface area (Å²) in [5.41, 5.74) is 1.57. The lowest BCUT2D eigenvalue weighted by Gasteiger charge is -2.17. The first-order valence-corrected chi connectivity index (χ1v) is 7.55. The molecule has 0 amide bonds. The van der Waals surface area contributed by atoms with E-state index in [-0.39, 0.29) is 5.97 Å². The minimum absolute atomic E-state index is 0.334. The van der Waals surface area contributed by atoms with E-state index < -0.39 is 0 Å². The maximum absolute atomic E-state index is 11.8. The van der Waals surface area contributed by atoms with Gasteiger partial charge in [0.25, 0.3) is 0 Å². The maximum atomic E-state index is 11.8. The molecule has 1 aromatic heterocycles. The second-order valence-electron chi connectivity index (χ2n) is 4.82. The summed E-state index contributed by atoms with van der Waals surface area (Å²) in [5, 5.41) is 0. The number of aryl methyl sites for hydroxylation is 1. The van der Waals surface area contributed by atoms with Crippen molar-refractivity contribution in [1.29, 1.82) is 0 Å². The van der Waals surface area contributed by atoms with Crippen molar-refractivity contribution in [3.05, 3.63) is 29.6 Å². The topological polar surface area (TPSA) is 42.4 Å². The van der Waals surface area contributed by atoms with Gasteiger partial charge in [-0.1, -0.05) is 33.3 Å². The summed E-state index contributed by atoms with van der Waals surface area (Å²) in [5.74, 6) is -0.334. The van der Waals surface area contributed by atoms with Crippen molar-refractivity contribution >= 4 is 5.97 Å². The Morgan fingerprint density at radius 3 is 2.55 bits per heavy atom. The fourth-order valence-corrected chi connectivity index (χ4v) is 1.96. The van der Waals surface area contributed by atoms with Crippen molar-refractivity contribution < 1.29 is 9.53 Å². The smallest absolute Gasteiger partial charge is 0.356 e. The average Bonchev–Trinajstić information content (AvgIpc) is 2.50. The molecule has 0 unspecified atom stereocenters. The molecule has 0 aliphatic rings. The summed E-state index contributed by atoms with van der Waals surface area (Å²) >= 11 is 0. The number of carbonyl (C=O) groups is 1. The van der Waals surface area contributed by atoms with Crippen LogP contribution in [-0.4, -0.2) is 42.1 Å². The first-order chi connectivity index (χ1) is 9.71. The SMILES string of the molecule is CCCCc1ccc(C(=O)OCCN(CC)CC)nc1. The van der Waals surface area contributed by atoms with Crippen LogP contribution >= 0.6 is 0 Å². The van der Waals surface area contributed by atoms with Crippen molar-refractivity contribution in [2.24, 2.45) is 0 Å². The summed E-state index contributed by atoms with van der Waals surface area (Å²) in [6.45, 7) is 9.49. The van der Waals surface area contributed by atoms with E-state index in [4.69, 9.17) is 4.74 Å². The molecule has 0 N–H and O–H groups in total.